The molecular formula is C17H30N4O2. The summed E-state index contributed by atoms with van der Waals surface area (Å²) in [5.74, 6) is 1.02. The van der Waals surface area contributed by atoms with E-state index in [0.29, 0.717) is 0 Å². The first-order valence-corrected chi connectivity index (χ1v) is 8.78. The number of nitrogens with zero attached hydrogens (tertiary/aromatic N) is 4. The molecule has 1 aromatic rings. The summed E-state index contributed by atoms with van der Waals surface area (Å²) in [6.45, 7) is 12.0. The molecule has 6 nitrogen and oxygen atoms in total. The van der Waals surface area contributed by atoms with Gasteiger partial charge in [0.25, 0.3) is 0 Å². The first kappa shape index (κ1) is 16.9. The number of aromatic nitrogens is 3. The van der Waals surface area contributed by atoms with Crippen molar-refractivity contribution in [2.24, 2.45) is 5.41 Å². The van der Waals surface area contributed by atoms with Crippen molar-refractivity contribution >= 4 is 0 Å². The minimum absolute atomic E-state index is 0.00971. The highest BCUT2D eigenvalue weighted by molar-refractivity contribution is 5.07. The van der Waals surface area contributed by atoms with Gasteiger partial charge in [-0.15, -0.1) is 0 Å². The fourth-order valence-electron chi connectivity index (χ4n) is 4.08. The average molecular weight is 322 g/mol. The molecule has 3 rings (SSSR count). The largest absolute Gasteiger partial charge is 0.392 e. The highest BCUT2D eigenvalue weighted by atomic mass is 16.5. The lowest BCUT2D eigenvalue weighted by molar-refractivity contribution is -0.210. The number of aliphatic hydroxyl groups is 1. The molecule has 0 bridgehead atoms. The third-order valence-electron chi connectivity index (χ3n) is 5.52. The Morgan fingerprint density at radius 1 is 1.35 bits per heavy atom. The van der Waals surface area contributed by atoms with E-state index in [2.05, 4.69) is 35.8 Å². The van der Waals surface area contributed by atoms with Gasteiger partial charge in [0.1, 0.15) is 12.2 Å². The molecule has 0 amide bonds. The van der Waals surface area contributed by atoms with Crippen LogP contribution in [0, 0.1) is 5.41 Å². The second-order valence-corrected chi connectivity index (χ2v) is 7.96. The Hall–Kier alpha value is -0.980. The highest BCUT2D eigenvalue weighted by Gasteiger charge is 2.55. The molecule has 1 aliphatic heterocycles. The molecule has 2 atom stereocenters. The van der Waals surface area contributed by atoms with E-state index >= 15 is 0 Å². The Morgan fingerprint density at radius 3 is 2.61 bits per heavy atom. The molecule has 0 unspecified atom stereocenters. The van der Waals surface area contributed by atoms with Gasteiger partial charge in [-0.3, -0.25) is 4.90 Å². The molecule has 2 heterocycles. The molecule has 1 spiro atoms. The van der Waals surface area contributed by atoms with Gasteiger partial charge in [-0.1, -0.05) is 0 Å². The van der Waals surface area contributed by atoms with E-state index in [4.69, 9.17) is 4.74 Å². The summed E-state index contributed by atoms with van der Waals surface area (Å²) in [6.07, 6.45) is 4.49. The minimum atomic E-state index is -0.195. The van der Waals surface area contributed by atoms with E-state index in [1.54, 1.807) is 6.33 Å². The highest BCUT2D eigenvalue weighted by Crippen LogP contribution is 2.51. The topological polar surface area (TPSA) is 63.4 Å². The van der Waals surface area contributed by atoms with Gasteiger partial charge in [0.15, 0.2) is 0 Å². The number of aliphatic hydroxyl groups excluding tert-OH is 1. The minimum Gasteiger partial charge on any atom is -0.392 e. The van der Waals surface area contributed by atoms with E-state index in [1.165, 1.54) is 0 Å². The van der Waals surface area contributed by atoms with Crippen molar-refractivity contribution in [1.29, 1.82) is 0 Å². The predicted molar refractivity (Wildman–Crippen MR) is 88.0 cm³/mol. The zero-order valence-electron chi connectivity index (χ0n) is 14.8. The molecule has 1 saturated heterocycles. The Kier molecular flexibility index (Phi) is 4.51. The summed E-state index contributed by atoms with van der Waals surface area (Å²) < 4.78 is 7.85. The molecule has 1 saturated carbocycles. The van der Waals surface area contributed by atoms with Crippen molar-refractivity contribution in [2.45, 2.75) is 71.2 Å². The molecule has 130 valence electrons. The number of rotatable bonds is 4. The summed E-state index contributed by atoms with van der Waals surface area (Å²) in [5.41, 5.74) is -0.0583. The van der Waals surface area contributed by atoms with Gasteiger partial charge in [-0.2, -0.15) is 5.10 Å². The standard InChI is InChI=1S/C17H30N4O2/c1-5-23-14-10-13(22)17(14)6-8-20(9-7-17)11-15-18-12-19-21(15)16(2,3)4/h12-14,22H,5-11H2,1-4H3/t13-,14+/m1/s1. The van der Waals surface area contributed by atoms with Gasteiger partial charge in [0, 0.05) is 18.4 Å². The van der Waals surface area contributed by atoms with Crippen LogP contribution in [0.4, 0.5) is 0 Å². The SMILES string of the molecule is CCO[C@H]1C[C@@H](O)C12CCN(Cc1ncnn1C(C)(C)C)CC2. The monoisotopic (exact) mass is 322 g/mol. The fraction of sp³-hybridized carbons (Fsp3) is 0.882. The maximum absolute atomic E-state index is 10.3. The van der Waals surface area contributed by atoms with Crippen molar-refractivity contribution < 1.29 is 9.84 Å². The molecule has 1 aromatic heterocycles. The van der Waals surface area contributed by atoms with Crippen LogP contribution >= 0.6 is 0 Å². The first-order chi connectivity index (χ1) is 10.9. The van der Waals surface area contributed by atoms with Crippen LogP contribution in [-0.2, 0) is 16.8 Å². The quantitative estimate of drug-likeness (QED) is 0.915. The van der Waals surface area contributed by atoms with Crippen molar-refractivity contribution in [2.75, 3.05) is 19.7 Å². The molecule has 0 aromatic carbocycles. The zero-order chi connectivity index (χ0) is 16.7. The van der Waals surface area contributed by atoms with Crippen LogP contribution in [0.3, 0.4) is 0 Å². The van der Waals surface area contributed by atoms with Crippen LogP contribution in [0.2, 0.25) is 0 Å². The molecule has 1 N–H and O–H groups in total. The smallest absolute Gasteiger partial charge is 0.141 e. The second kappa shape index (κ2) is 6.15. The Labute approximate surface area is 138 Å². The summed E-state index contributed by atoms with van der Waals surface area (Å²) in [5, 5.41) is 14.7. The van der Waals surface area contributed by atoms with E-state index in [9.17, 15) is 5.11 Å². The molecule has 0 radical (unpaired) electrons. The lowest BCUT2D eigenvalue weighted by Crippen LogP contribution is -2.62. The Bertz CT molecular complexity index is 527. The molecule has 6 heteroatoms. The normalized spacial score (nSPS) is 28.0. The van der Waals surface area contributed by atoms with Crippen LogP contribution in [0.1, 0.15) is 52.8 Å². The van der Waals surface area contributed by atoms with E-state index in [0.717, 1.165) is 51.3 Å². The maximum atomic E-state index is 10.3. The molecule has 23 heavy (non-hydrogen) atoms. The molecular weight excluding hydrogens is 292 g/mol. The fourth-order valence-corrected chi connectivity index (χ4v) is 4.08. The number of likely N-dealkylation sites (tertiary alicyclic amines) is 1. The van der Waals surface area contributed by atoms with Gasteiger partial charge in [-0.25, -0.2) is 9.67 Å². The van der Waals surface area contributed by atoms with Crippen LogP contribution in [0.25, 0.3) is 0 Å². The Balaban J connectivity index is 1.61. The molecule has 1 aliphatic carbocycles. The number of hydrogen-bond donors (Lipinski definition) is 1. The molecule has 2 aliphatic rings. The zero-order valence-corrected chi connectivity index (χ0v) is 14.8. The average Bonchev–Trinajstić information content (AvgIpc) is 2.96. The van der Waals surface area contributed by atoms with Crippen LogP contribution in [0.5, 0.6) is 0 Å². The van der Waals surface area contributed by atoms with Gasteiger partial charge in [0.05, 0.1) is 24.3 Å². The van der Waals surface area contributed by atoms with E-state index in [-0.39, 0.29) is 23.2 Å². The summed E-state index contributed by atoms with van der Waals surface area (Å²) in [4.78, 5) is 6.86. The van der Waals surface area contributed by atoms with Crippen molar-refractivity contribution in [1.82, 2.24) is 19.7 Å². The van der Waals surface area contributed by atoms with Crippen LogP contribution in [-0.4, -0.2) is 56.7 Å². The maximum Gasteiger partial charge on any atom is 0.141 e. The van der Waals surface area contributed by atoms with Crippen molar-refractivity contribution in [3.63, 3.8) is 0 Å². The third kappa shape index (κ3) is 3.04. The summed E-state index contributed by atoms with van der Waals surface area (Å²) in [6, 6.07) is 0. The summed E-state index contributed by atoms with van der Waals surface area (Å²) >= 11 is 0. The predicted octanol–water partition coefficient (Wildman–Crippen LogP) is 1.78. The van der Waals surface area contributed by atoms with Gasteiger partial charge >= 0.3 is 0 Å². The van der Waals surface area contributed by atoms with Crippen molar-refractivity contribution in [3.8, 4) is 0 Å². The lowest BCUT2D eigenvalue weighted by Gasteiger charge is -2.56. The first-order valence-electron chi connectivity index (χ1n) is 8.78. The van der Waals surface area contributed by atoms with E-state index < -0.39 is 0 Å². The van der Waals surface area contributed by atoms with Gasteiger partial charge in [-0.05, 0) is 53.6 Å². The van der Waals surface area contributed by atoms with Crippen LogP contribution < -0.4 is 0 Å². The Morgan fingerprint density at radius 2 is 2.04 bits per heavy atom. The van der Waals surface area contributed by atoms with Gasteiger partial charge < -0.3 is 9.84 Å². The summed E-state index contributed by atoms with van der Waals surface area (Å²) in [7, 11) is 0. The number of piperidine rings is 1. The molecule has 2 fully saturated rings. The third-order valence-corrected chi connectivity index (χ3v) is 5.52. The lowest BCUT2D eigenvalue weighted by atomic mass is 9.58. The second-order valence-electron chi connectivity index (χ2n) is 7.96. The van der Waals surface area contributed by atoms with Crippen LogP contribution in [0.15, 0.2) is 6.33 Å². The van der Waals surface area contributed by atoms with E-state index in [1.807, 2.05) is 11.6 Å². The number of hydrogen-bond acceptors (Lipinski definition) is 5. The van der Waals surface area contributed by atoms with Crippen molar-refractivity contribution in [3.05, 3.63) is 12.2 Å². The number of ether oxygens (including phenoxy) is 1. The van der Waals surface area contributed by atoms with Gasteiger partial charge in [0.2, 0.25) is 0 Å².